The Morgan fingerprint density at radius 2 is 2.60 bits per heavy atom. The first-order valence-electron chi connectivity index (χ1n) is 3.22. The van der Waals surface area contributed by atoms with Crippen LogP contribution in [0.15, 0.2) is 4.52 Å². The van der Waals surface area contributed by atoms with Crippen LogP contribution in [0, 0.1) is 6.39 Å². The van der Waals surface area contributed by atoms with Gasteiger partial charge >= 0.3 is 6.39 Å². The van der Waals surface area contributed by atoms with Gasteiger partial charge in [-0.2, -0.15) is 17.6 Å². The fourth-order valence-electron chi connectivity index (χ4n) is 0.693. The first-order chi connectivity index (χ1) is 4.84. The molecule has 0 saturated carbocycles. The molecule has 55 valence electrons. The third-order valence-electron chi connectivity index (χ3n) is 1.20. The van der Waals surface area contributed by atoms with Gasteiger partial charge in [-0.3, -0.25) is 0 Å². The molecule has 0 aliphatic carbocycles. The minimum atomic E-state index is 0.0972. The largest absolute Gasteiger partial charge is 0.328 e. The Balaban J connectivity index is 2.50. The van der Waals surface area contributed by atoms with Gasteiger partial charge in [-0.25, -0.2) is 0 Å². The zero-order valence-electron chi connectivity index (χ0n) is 5.74. The van der Waals surface area contributed by atoms with Crippen LogP contribution in [0.4, 0.5) is 0 Å². The summed E-state index contributed by atoms with van der Waals surface area (Å²) in [4.78, 5) is 3.76. The van der Waals surface area contributed by atoms with E-state index < -0.39 is 0 Å². The van der Waals surface area contributed by atoms with Crippen LogP contribution in [0.3, 0.4) is 0 Å². The van der Waals surface area contributed by atoms with Crippen molar-refractivity contribution >= 4 is 12.6 Å². The predicted molar refractivity (Wildman–Crippen MR) is 39.8 cm³/mol. The highest BCUT2D eigenvalue weighted by molar-refractivity contribution is 7.80. The van der Waals surface area contributed by atoms with Crippen LogP contribution < -0.4 is 0 Å². The lowest BCUT2D eigenvalue weighted by atomic mass is 10.2. The van der Waals surface area contributed by atoms with E-state index in [1.807, 2.05) is 0 Å². The Kier molecular flexibility index (Phi) is 2.74. The van der Waals surface area contributed by atoms with Crippen molar-refractivity contribution in [3.63, 3.8) is 0 Å². The molecule has 0 amide bonds. The number of rotatable bonds is 3. The van der Waals surface area contributed by atoms with Crippen molar-refractivity contribution in [2.75, 3.05) is 0 Å². The van der Waals surface area contributed by atoms with E-state index in [4.69, 9.17) is 0 Å². The fraction of sp³-hybridized carbons (Fsp3) is 0.667. The van der Waals surface area contributed by atoms with Crippen LogP contribution in [-0.4, -0.2) is 10.1 Å². The van der Waals surface area contributed by atoms with Gasteiger partial charge in [0.25, 0.3) is 0 Å². The van der Waals surface area contributed by atoms with Crippen molar-refractivity contribution in [1.29, 1.82) is 0 Å². The van der Waals surface area contributed by atoms with Gasteiger partial charge in [-0.15, -0.1) is 0 Å². The average molecular weight is 157 g/mol. The number of hydrogen-bond donors (Lipinski definition) is 1. The van der Waals surface area contributed by atoms with Crippen molar-refractivity contribution in [1.82, 2.24) is 10.1 Å². The van der Waals surface area contributed by atoms with E-state index in [0.29, 0.717) is 5.82 Å². The molecule has 1 rings (SSSR count). The molecule has 0 aromatic carbocycles. The van der Waals surface area contributed by atoms with Crippen LogP contribution in [0.1, 0.15) is 30.8 Å². The van der Waals surface area contributed by atoms with E-state index in [1.165, 1.54) is 0 Å². The summed E-state index contributed by atoms with van der Waals surface area (Å²) in [5.74, 6) is 0.630. The summed E-state index contributed by atoms with van der Waals surface area (Å²) in [6, 6.07) is 0. The summed E-state index contributed by atoms with van der Waals surface area (Å²) >= 11 is 4.26. The van der Waals surface area contributed by atoms with Gasteiger partial charge in [0.1, 0.15) is 0 Å². The summed E-state index contributed by atoms with van der Waals surface area (Å²) in [5.41, 5.74) is 0. The molecule has 1 aromatic rings. The Bertz CT molecular complexity index is 176. The molecule has 4 heteroatoms. The zero-order chi connectivity index (χ0) is 7.40. The van der Waals surface area contributed by atoms with Crippen LogP contribution in [0.25, 0.3) is 0 Å². The second kappa shape index (κ2) is 3.61. The molecule has 1 radical (unpaired) electrons. The van der Waals surface area contributed by atoms with Crippen molar-refractivity contribution in [3.8, 4) is 0 Å². The lowest BCUT2D eigenvalue weighted by Gasteiger charge is -2.00. The number of nitrogens with zero attached hydrogens (tertiary/aromatic N) is 2. The quantitative estimate of drug-likeness (QED) is 0.678. The molecule has 1 atom stereocenters. The molecule has 1 aromatic heterocycles. The normalized spacial score (nSPS) is 13.4. The second-order valence-corrected chi connectivity index (χ2v) is 2.67. The van der Waals surface area contributed by atoms with E-state index in [1.54, 1.807) is 0 Å². The Morgan fingerprint density at radius 3 is 3.10 bits per heavy atom. The molecule has 0 N–H and O–H groups in total. The summed E-state index contributed by atoms with van der Waals surface area (Å²) < 4.78 is 4.45. The molecule has 0 fully saturated rings. The molecule has 1 unspecified atom stereocenters. The monoisotopic (exact) mass is 157 g/mol. The van der Waals surface area contributed by atoms with E-state index in [0.717, 1.165) is 12.8 Å². The molecular weight excluding hydrogens is 148 g/mol. The highest BCUT2D eigenvalue weighted by atomic mass is 32.1. The molecule has 0 bridgehead atoms. The number of hydrogen-bond acceptors (Lipinski definition) is 4. The highest BCUT2D eigenvalue weighted by Gasteiger charge is 2.09. The zero-order valence-corrected chi connectivity index (χ0v) is 6.64. The minimum Gasteiger partial charge on any atom is -0.328 e. The van der Waals surface area contributed by atoms with Gasteiger partial charge in [0.15, 0.2) is 5.82 Å². The molecule has 3 nitrogen and oxygen atoms in total. The maximum Gasteiger partial charge on any atom is 0.316 e. The smallest absolute Gasteiger partial charge is 0.316 e. The summed E-state index contributed by atoms with van der Waals surface area (Å²) in [7, 11) is 0. The molecule has 0 spiro atoms. The van der Waals surface area contributed by atoms with Gasteiger partial charge < -0.3 is 4.52 Å². The number of thiol groups is 1. The highest BCUT2D eigenvalue weighted by Crippen LogP contribution is 2.20. The number of aromatic nitrogens is 2. The van der Waals surface area contributed by atoms with Crippen molar-refractivity contribution in [2.24, 2.45) is 0 Å². The summed E-state index contributed by atoms with van der Waals surface area (Å²) in [6.07, 6.45) is 4.32. The van der Waals surface area contributed by atoms with Crippen LogP contribution >= 0.6 is 12.6 Å². The van der Waals surface area contributed by atoms with E-state index in [2.05, 4.69) is 40.6 Å². The lowest BCUT2D eigenvalue weighted by Crippen LogP contribution is -1.91. The second-order valence-electron chi connectivity index (χ2n) is 2.05. The summed E-state index contributed by atoms with van der Waals surface area (Å²) in [5, 5.41) is 3.71. The van der Waals surface area contributed by atoms with Crippen molar-refractivity contribution in [3.05, 3.63) is 12.2 Å². The maximum atomic E-state index is 4.45. The van der Waals surface area contributed by atoms with Crippen molar-refractivity contribution in [2.45, 2.75) is 25.0 Å². The lowest BCUT2D eigenvalue weighted by molar-refractivity contribution is 0.402. The van der Waals surface area contributed by atoms with Crippen LogP contribution in [-0.2, 0) is 0 Å². The van der Waals surface area contributed by atoms with Gasteiger partial charge in [-0.1, -0.05) is 18.5 Å². The molecular formula is C6H9N2OS. The first-order valence-corrected chi connectivity index (χ1v) is 3.74. The third-order valence-corrected chi connectivity index (χ3v) is 1.69. The standard InChI is InChI=1S/C6H9N2OS/c1-2-3-5(10)6-7-4-9-8-6/h5,10H,2-3H2,1H3. The van der Waals surface area contributed by atoms with E-state index >= 15 is 0 Å². The van der Waals surface area contributed by atoms with Gasteiger partial charge in [0, 0.05) is 0 Å². The minimum absolute atomic E-state index is 0.0972. The Labute approximate surface area is 65.2 Å². The van der Waals surface area contributed by atoms with Gasteiger partial charge in [-0.05, 0) is 6.42 Å². The first kappa shape index (κ1) is 7.60. The maximum absolute atomic E-state index is 4.45. The van der Waals surface area contributed by atoms with Crippen LogP contribution in [0.5, 0.6) is 0 Å². The van der Waals surface area contributed by atoms with Gasteiger partial charge in [0.2, 0.25) is 0 Å². The van der Waals surface area contributed by atoms with Crippen LogP contribution in [0.2, 0.25) is 0 Å². The SMILES string of the molecule is CCCC(S)c1n[c]on1. The topological polar surface area (TPSA) is 38.9 Å². The predicted octanol–water partition coefficient (Wildman–Crippen LogP) is 1.64. The summed E-state index contributed by atoms with van der Waals surface area (Å²) in [6.45, 7) is 2.09. The molecule has 10 heavy (non-hydrogen) atoms. The molecule has 0 saturated heterocycles. The van der Waals surface area contributed by atoms with E-state index in [9.17, 15) is 0 Å². The van der Waals surface area contributed by atoms with Gasteiger partial charge in [0.05, 0.1) is 5.25 Å². The molecule has 1 heterocycles. The fourth-order valence-corrected chi connectivity index (χ4v) is 1.06. The Hall–Kier alpha value is -0.510. The third kappa shape index (κ3) is 1.73. The molecule has 0 aliphatic rings. The Morgan fingerprint density at radius 1 is 1.80 bits per heavy atom. The van der Waals surface area contributed by atoms with E-state index in [-0.39, 0.29) is 5.25 Å². The van der Waals surface area contributed by atoms with Crippen molar-refractivity contribution < 1.29 is 4.52 Å². The molecule has 0 aliphatic heterocycles. The average Bonchev–Trinajstić information content (AvgIpc) is 2.38.